The lowest BCUT2D eigenvalue weighted by atomic mass is 9.78. The van der Waals surface area contributed by atoms with E-state index in [4.69, 9.17) is 0 Å². The number of nitrogens with one attached hydrogen (secondary N) is 1. The SMILES string of the molecule is CC(O)(c1ccc(N2CCN(S(=O)(=O)c3cccs3)C[C@@H]2CNC2(C#N)CCC2)cc1)C(F)(F)F. The molecule has 1 aromatic heterocycles. The Kier molecular flexibility index (Phi) is 6.93. The summed E-state index contributed by atoms with van der Waals surface area (Å²) in [5.41, 5.74) is -3.27. The van der Waals surface area contributed by atoms with Crippen LogP contribution in [0.2, 0.25) is 0 Å². The third kappa shape index (κ3) is 4.93. The molecule has 2 heterocycles. The summed E-state index contributed by atoms with van der Waals surface area (Å²) >= 11 is 1.14. The normalized spacial score (nSPS) is 22.7. The highest BCUT2D eigenvalue weighted by molar-refractivity contribution is 7.91. The highest BCUT2D eigenvalue weighted by Gasteiger charge is 2.51. The van der Waals surface area contributed by atoms with Crippen LogP contribution in [0.4, 0.5) is 18.9 Å². The zero-order chi connectivity index (χ0) is 25.5. The quantitative estimate of drug-likeness (QED) is 0.572. The summed E-state index contributed by atoms with van der Waals surface area (Å²) in [4.78, 5) is 1.95. The van der Waals surface area contributed by atoms with Crippen LogP contribution in [-0.4, -0.2) is 61.8 Å². The van der Waals surface area contributed by atoms with Crippen LogP contribution in [0.25, 0.3) is 0 Å². The van der Waals surface area contributed by atoms with E-state index in [1.165, 1.54) is 28.6 Å². The molecule has 0 amide bonds. The molecule has 2 atom stereocenters. The third-order valence-corrected chi connectivity index (χ3v) is 10.2. The van der Waals surface area contributed by atoms with E-state index >= 15 is 0 Å². The smallest absolute Gasteiger partial charge is 0.376 e. The molecule has 2 N–H and O–H groups in total. The Morgan fingerprint density at radius 3 is 2.43 bits per heavy atom. The zero-order valence-electron chi connectivity index (χ0n) is 19.1. The van der Waals surface area contributed by atoms with E-state index in [-0.39, 0.29) is 28.9 Å². The van der Waals surface area contributed by atoms with Crippen LogP contribution in [0.1, 0.15) is 31.7 Å². The average molecular weight is 529 g/mol. The van der Waals surface area contributed by atoms with Gasteiger partial charge < -0.3 is 10.0 Å². The molecule has 12 heteroatoms. The molecule has 4 rings (SSSR count). The van der Waals surface area contributed by atoms with E-state index < -0.39 is 27.3 Å². The maximum Gasteiger partial charge on any atom is 0.421 e. The van der Waals surface area contributed by atoms with E-state index in [1.54, 1.807) is 17.5 Å². The molecule has 0 radical (unpaired) electrons. The Balaban J connectivity index is 1.58. The summed E-state index contributed by atoms with van der Waals surface area (Å²) < 4.78 is 67.6. The summed E-state index contributed by atoms with van der Waals surface area (Å²) in [6.45, 7) is 1.75. The zero-order valence-corrected chi connectivity index (χ0v) is 20.8. The molecule has 35 heavy (non-hydrogen) atoms. The maximum absolute atomic E-state index is 13.2. The number of anilines is 1. The second-order valence-corrected chi connectivity index (χ2v) is 12.3. The lowest BCUT2D eigenvalue weighted by Gasteiger charge is -2.44. The number of piperazine rings is 1. The predicted molar refractivity (Wildman–Crippen MR) is 126 cm³/mol. The molecule has 0 bridgehead atoms. The Morgan fingerprint density at radius 2 is 1.91 bits per heavy atom. The van der Waals surface area contributed by atoms with E-state index in [9.17, 15) is 32.0 Å². The first kappa shape index (κ1) is 25.9. The van der Waals surface area contributed by atoms with Crippen molar-refractivity contribution < 1.29 is 26.7 Å². The number of aliphatic hydroxyl groups is 1. The molecular weight excluding hydrogens is 501 g/mol. The first-order valence-electron chi connectivity index (χ1n) is 11.3. The van der Waals surface area contributed by atoms with Crippen LogP contribution in [0.5, 0.6) is 0 Å². The van der Waals surface area contributed by atoms with Crippen molar-refractivity contribution in [3.05, 3.63) is 47.3 Å². The van der Waals surface area contributed by atoms with Gasteiger partial charge in [0.05, 0.1) is 12.1 Å². The number of nitrogens with zero attached hydrogens (tertiary/aromatic N) is 3. The monoisotopic (exact) mass is 528 g/mol. The van der Waals surface area contributed by atoms with Crippen molar-refractivity contribution >= 4 is 27.0 Å². The van der Waals surface area contributed by atoms with Gasteiger partial charge in [-0.3, -0.25) is 5.32 Å². The van der Waals surface area contributed by atoms with Crippen molar-refractivity contribution in [2.24, 2.45) is 0 Å². The second-order valence-electron chi connectivity index (χ2n) is 9.19. The van der Waals surface area contributed by atoms with E-state index in [2.05, 4.69) is 11.4 Å². The summed E-state index contributed by atoms with van der Waals surface area (Å²) in [5, 5.41) is 24.6. The Bertz CT molecular complexity index is 1170. The van der Waals surface area contributed by atoms with Gasteiger partial charge in [0.1, 0.15) is 9.75 Å². The van der Waals surface area contributed by atoms with Crippen molar-refractivity contribution in [2.45, 2.75) is 53.8 Å². The van der Waals surface area contributed by atoms with Crippen LogP contribution < -0.4 is 10.2 Å². The molecule has 0 spiro atoms. The van der Waals surface area contributed by atoms with Gasteiger partial charge in [-0.2, -0.15) is 22.7 Å². The van der Waals surface area contributed by atoms with Gasteiger partial charge in [-0.1, -0.05) is 18.2 Å². The largest absolute Gasteiger partial charge is 0.421 e. The molecular formula is C23H27F3N4O3S2. The van der Waals surface area contributed by atoms with Gasteiger partial charge in [-0.05, 0) is 55.3 Å². The first-order chi connectivity index (χ1) is 16.4. The molecule has 1 saturated carbocycles. The Labute approximate surface area is 206 Å². The van der Waals surface area contributed by atoms with E-state index in [1.807, 2.05) is 4.90 Å². The Morgan fingerprint density at radius 1 is 1.23 bits per heavy atom. The number of hydrogen-bond acceptors (Lipinski definition) is 7. The molecule has 7 nitrogen and oxygen atoms in total. The van der Waals surface area contributed by atoms with Crippen LogP contribution in [0, 0.1) is 11.3 Å². The van der Waals surface area contributed by atoms with Gasteiger partial charge in [-0.15, -0.1) is 11.3 Å². The molecule has 1 saturated heterocycles. The maximum atomic E-state index is 13.2. The van der Waals surface area contributed by atoms with Crippen LogP contribution in [0.3, 0.4) is 0 Å². The van der Waals surface area contributed by atoms with E-state index in [0.717, 1.165) is 17.8 Å². The molecule has 1 unspecified atom stereocenters. The molecule has 2 aromatic rings. The average Bonchev–Trinajstić information content (AvgIpc) is 3.34. The lowest BCUT2D eigenvalue weighted by molar-refractivity contribution is -0.258. The van der Waals surface area contributed by atoms with Gasteiger partial charge in [-0.25, -0.2) is 8.42 Å². The standard InChI is InChI=1S/C23H27F3N4O3S2/c1-21(31,23(24,25)26)17-5-7-18(8-6-17)30-12-11-29(35(32,33)20-4-2-13-34-20)15-19(30)14-28-22(16-27)9-3-10-22/h2,4-8,13,19,28,31H,3,9-12,14-15H2,1H3/t19-,21?/m0/s1. The fourth-order valence-corrected chi connectivity index (χ4v) is 7.02. The molecule has 190 valence electrons. The van der Waals surface area contributed by atoms with Crippen LogP contribution >= 0.6 is 11.3 Å². The fourth-order valence-electron chi connectivity index (χ4n) is 4.41. The summed E-state index contributed by atoms with van der Waals surface area (Å²) in [7, 11) is -3.68. The van der Waals surface area contributed by atoms with Crippen molar-refractivity contribution in [1.29, 1.82) is 5.26 Å². The highest BCUT2D eigenvalue weighted by Crippen LogP contribution is 2.39. The fraction of sp³-hybridized carbons (Fsp3) is 0.522. The number of benzene rings is 1. The van der Waals surface area contributed by atoms with Gasteiger partial charge in [0.2, 0.25) is 0 Å². The molecule has 2 aliphatic rings. The van der Waals surface area contributed by atoms with Crippen LogP contribution in [0.15, 0.2) is 46.0 Å². The van der Waals surface area contributed by atoms with E-state index in [0.29, 0.717) is 38.5 Å². The minimum Gasteiger partial charge on any atom is -0.376 e. The number of alkyl halides is 3. The van der Waals surface area contributed by atoms with Crippen molar-refractivity contribution in [1.82, 2.24) is 9.62 Å². The molecule has 1 aliphatic carbocycles. The molecule has 1 aliphatic heterocycles. The summed E-state index contributed by atoms with van der Waals surface area (Å²) in [6, 6.07) is 10.7. The first-order valence-corrected chi connectivity index (χ1v) is 13.6. The second kappa shape index (κ2) is 9.37. The number of nitriles is 1. The van der Waals surface area contributed by atoms with Gasteiger partial charge in [0.25, 0.3) is 10.0 Å². The predicted octanol–water partition coefficient (Wildman–Crippen LogP) is 3.43. The third-order valence-electron chi connectivity index (χ3n) is 6.94. The number of halogens is 3. The van der Waals surface area contributed by atoms with Gasteiger partial charge in [0.15, 0.2) is 5.60 Å². The van der Waals surface area contributed by atoms with Crippen molar-refractivity contribution in [3.63, 3.8) is 0 Å². The lowest BCUT2D eigenvalue weighted by Crippen LogP contribution is -2.61. The molecule has 2 fully saturated rings. The number of sulfonamides is 1. The highest BCUT2D eigenvalue weighted by atomic mass is 32.2. The minimum atomic E-state index is -4.82. The van der Waals surface area contributed by atoms with Crippen molar-refractivity contribution in [2.75, 3.05) is 31.1 Å². The number of thiophene rings is 1. The Hall–Kier alpha value is -2.17. The molecule has 1 aromatic carbocycles. The van der Waals surface area contributed by atoms with Crippen molar-refractivity contribution in [3.8, 4) is 6.07 Å². The summed E-state index contributed by atoms with van der Waals surface area (Å²) in [6.07, 6.45) is -2.45. The van der Waals surface area contributed by atoms with Gasteiger partial charge >= 0.3 is 6.18 Å². The topological polar surface area (TPSA) is 96.7 Å². The minimum absolute atomic E-state index is 0.163. The van der Waals surface area contributed by atoms with Gasteiger partial charge in [0, 0.05) is 31.9 Å². The number of rotatable bonds is 7. The summed E-state index contributed by atoms with van der Waals surface area (Å²) in [5.74, 6) is 0. The van der Waals surface area contributed by atoms with Crippen LogP contribution in [-0.2, 0) is 15.6 Å². The number of hydrogen-bond donors (Lipinski definition) is 2.